The third kappa shape index (κ3) is 6.60. The van der Waals surface area contributed by atoms with E-state index in [9.17, 15) is 0 Å². The molecule has 6 rings (SSSR count). The summed E-state index contributed by atoms with van der Waals surface area (Å²) in [5.74, 6) is 2.43. The van der Waals surface area contributed by atoms with Gasteiger partial charge in [-0.3, -0.25) is 0 Å². The van der Waals surface area contributed by atoms with Gasteiger partial charge in [0.2, 0.25) is 0 Å². The zero-order valence-electron chi connectivity index (χ0n) is 24.1. The van der Waals surface area contributed by atoms with Gasteiger partial charge in [0.15, 0.2) is 0 Å². The fourth-order valence-corrected chi connectivity index (χ4v) is 6.08. The molecule has 212 valence electrons. The number of hydrogen-bond acceptors (Lipinski definition) is 7. The van der Waals surface area contributed by atoms with E-state index >= 15 is 0 Å². The number of aromatic nitrogens is 1. The van der Waals surface area contributed by atoms with E-state index in [1.165, 1.54) is 51.3 Å². The van der Waals surface area contributed by atoms with E-state index in [4.69, 9.17) is 9.72 Å². The zero-order chi connectivity index (χ0) is 27.3. The Morgan fingerprint density at radius 1 is 0.825 bits per heavy atom. The molecule has 3 fully saturated rings. The minimum absolute atomic E-state index is 0.708. The quantitative estimate of drug-likeness (QED) is 0.414. The molecule has 0 atom stereocenters. The lowest BCUT2D eigenvalue weighted by Crippen LogP contribution is -2.49. The number of piperazine rings is 1. The van der Waals surface area contributed by atoms with Crippen LogP contribution in [0.1, 0.15) is 12.8 Å². The van der Waals surface area contributed by atoms with Crippen LogP contribution < -0.4 is 20.3 Å². The van der Waals surface area contributed by atoms with Gasteiger partial charge in [-0.05, 0) is 93.3 Å². The average molecular weight is 541 g/mol. The summed E-state index contributed by atoms with van der Waals surface area (Å²) in [6.45, 7) is 11.5. The lowest BCUT2D eigenvalue weighted by molar-refractivity contribution is 0.144. The van der Waals surface area contributed by atoms with Crippen molar-refractivity contribution in [2.45, 2.75) is 12.8 Å². The molecule has 2 N–H and O–H groups in total. The van der Waals surface area contributed by atoms with E-state index < -0.39 is 0 Å². The molecule has 0 radical (unpaired) electrons. The van der Waals surface area contributed by atoms with Crippen molar-refractivity contribution >= 4 is 11.4 Å². The highest BCUT2D eigenvalue weighted by atomic mass is 16.5. The molecule has 7 heteroatoms. The van der Waals surface area contributed by atoms with Gasteiger partial charge in [0.1, 0.15) is 5.75 Å². The predicted octanol–water partition coefficient (Wildman–Crippen LogP) is 4.52. The highest BCUT2D eigenvalue weighted by Crippen LogP contribution is 2.30. The van der Waals surface area contributed by atoms with Gasteiger partial charge in [0.05, 0.1) is 18.5 Å². The maximum Gasteiger partial charge on any atom is 0.118 e. The highest BCUT2D eigenvalue weighted by molar-refractivity contribution is 5.73. The van der Waals surface area contributed by atoms with Gasteiger partial charge in [0.25, 0.3) is 0 Å². The number of ether oxygens (including phenoxy) is 1. The van der Waals surface area contributed by atoms with Gasteiger partial charge >= 0.3 is 0 Å². The van der Waals surface area contributed by atoms with Gasteiger partial charge in [-0.2, -0.15) is 0 Å². The lowest BCUT2D eigenvalue weighted by atomic mass is 9.94. The van der Waals surface area contributed by atoms with Crippen LogP contribution in [0.25, 0.3) is 22.5 Å². The van der Waals surface area contributed by atoms with Gasteiger partial charge in [-0.1, -0.05) is 12.1 Å². The number of likely N-dealkylation sites (tertiary alicyclic amines) is 1. The maximum absolute atomic E-state index is 5.39. The van der Waals surface area contributed by atoms with Crippen molar-refractivity contribution in [3.63, 3.8) is 0 Å². The summed E-state index contributed by atoms with van der Waals surface area (Å²) in [6.07, 6.45) is 2.54. The number of methoxy groups -OCH3 is 1. The summed E-state index contributed by atoms with van der Waals surface area (Å²) in [7, 11) is 3.90. The molecule has 0 unspecified atom stereocenters. The van der Waals surface area contributed by atoms with Crippen molar-refractivity contribution in [2.24, 2.45) is 11.8 Å². The third-order valence-electron chi connectivity index (χ3n) is 8.93. The number of anilines is 2. The SMILES string of the molecule is COc1ccc(-c2cc(NCC3CCN(CC4CNC4)CC3)cc(-c3ccc(N4CCN(C)CC4)cc3)n2)cc1. The summed E-state index contributed by atoms with van der Waals surface area (Å²) >= 11 is 0. The Hall–Kier alpha value is -3.13. The Bertz CT molecular complexity index is 1230. The van der Waals surface area contributed by atoms with E-state index in [2.05, 4.69) is 80.9 Å². The molecule has 40 heavy (non-hydrogen) atoms. The monoisotopic (exact) mass is 540 g/mol. The Balaban J connectivity index is 1.17. The molecule has 1 aromatic heterocycles. The van der Waals surface area contributed by atoms with E-state index in [1.54, 1.807) is 7.11 Å². The second kappa shape index (κ2) is 12.6. The number of hydrogen-bond donors (Lipinski definition) is 2. The molecule has 0 saturated carbocycles. The zero-order valence-corrected chi connectivity index (χ0v) is 24.1. The first-order valence-electron chi connectivity index (χ1n) is 15.0. The fraction of sp³-hybridized carbons (Fsp3) is 0.485. The molecule has 3 saturated heterocycles. The maximum atomic E-state index is 5.39. The molecule has 3 aliphatic rings. The summed E-state index contributed by atoms with van der Waals surface area (Å²) in [5.41, 5.74) is 6.66. The Morgan fingerprint density at radius 2 is 1.45 bits per heavy atom. The van der Waals surface area contributed by atoms with Crippen LogP contribution in [0.15, 0.2) is 60.7 Å². The fourth-order valence-electron chi connectivity index (χ4n) is 6.08. The van der Waals surface area contributed by atoms with Crippen LogP contribution in [0.4, 0.5) is 11.4 Å². The molecule has 0 aliphatic carbocycles. The van der Waals surface area contributed by atoms with Crippen molar-refractivity contribution in [2.75, 3.05) is 89.8 Å². The first kappa shape index (κ1) is 27.1. The van der Waals surface area contributed by atoms with E-state index in [0.29, 0.717) is 5.92 Å². The number of likely N-dealkylation sites (N-methyl/N-ethyl adjacent to an activating group) is 1. The molecule has 3 aliphatic heterocycles. The minimum Gasteiger partial charge on any atom is -0.497 e. The number of pyridine rings is 1. The molecule has 0 bridgehead atoms. The number of benzene rings is 2. The van der Waals surface area contributed by atoms with Crippen LogP contribution >= 0.6 is 0 Å². The molecule has 3 aromatic rings. The van der Waals surface area contributed by atoms with Crippen molar-refractivity contribution < 1.29 is 4.74 Å². The second-order valence-corrected chi connectivity index (χ2v) is 11.8. The van der Waals surface area contributed by atoms with Crippen molar-refractivity contribution in [1.29, 1.82) is 0 Å². The number of nitrogens with zero attached hydrogens (tertiary/aromatic N) is 4. The van der Waals surface area contributed by atoms with Crippen molar-refractivity contribution in [3.8, 4) is 28.3 Å². The first-order chi connectivity index (χ1) is 19.6. The van der Waals surface area contributed by atoms with Crippen LogP contribution in [-0.4, -0.2) is 94.4 Å². The second-order valence-electron chi connectivity index (χ2n) is 11.8. The predicted molar refractivity (Wildman–Crippen MR) is 165 cm³/mol. The van der Waals surface area contributed by atoms with Crippen LogP contribution in [0, 0.1) is 11.8 Å². The van der Waals surface area contributed by atoms with Crippen LogP contribution in [0.5, 0.6) is 5.75 Å². The van der Waals surface area contributed by atoms with Crippen molar-refractivity contribution in [1.82, 2.24) is 20.1 Å². The minimum atomic E-state index is 0.708. The largest absolute Gasteiger partial charge is 0.497 e. The van der Waals surface area contributed by atoms with Gasteiger partial charge in [-0.15, -0.1) is 0 Å². The normalized spacial score (nSPS) is 19.4. The third-order valence-corrected chi connectivity index (χ3v) is 8.93. The summed E-state index contributed by atoms with van der Waals surface area (Å²) in [5, 5.41) is 7.20. The smallest absolute Gasteiger partial charge is 0.118 e. The van der Waals surface area contributed by atoms with Crippen LogP contribution in [0.3, 0.4) is 0 Å². The van der Waals surface area contributed by atoms with Gasteiger partial charge in [-0.25, -0.2) is 4.98 Å². The highest BCUT2D eigenvalue weighted by Gasteiger charge is 2.24. The Kier molecular flexibility index (Phi) is 8.51. The van der Waals surface area contributed by atoms with Gasteiger partial charge < -0.3 is 30.1 Å². The Labute approximate surface area is 239 Å². The molecule has 0 spiro atoms. The summed E-state index contributed by atoms with van der Waals surface area (Å²) in [4.78, 5) is 12.7. The topological polar surface area (TPSA) is 55.9 Å². The standard InChI is InChI=1S/C33H44N6O/c1-37-15-17-39(18-16-37)30-7-3-27(4-8-30)32-19-29(20-33(36-32)28-5-9-31(40-2)10-6-28)35-23-25-11-13-38(14-12-25)24-26-21-34-22-26/h3-10,19-20,25-26,34H,11-18,21-24H2,1-2H3,(H,35,36). The molecule has 7 nitrogen and oxygen atoms in total. The Morgan fingerprint density at radius 3 is 2.02 bits per heavy atom. The molecule has 4 heterocycles. The van der Waals surface area contributed by atoms with Gasteiger partial charge in [0, 0.05) is 74.9 Å². The molecule has 2 aromatic carbocycles. The summed E-state index contributed by atoms with van der Waals surface area (Å²) < 4.78 is 5.39. The van der Waals surface area contributed by atoms with Crippen LogP contribution in [0.2, 0.25) is 0 Å². The van der Waals surface area contributed by atoms with E-state index in [1.807, 2.05) is 12.1 Å². The van der Waals surface area contributed by atoms with Crippen LogP contribution in [-0.2, 0) is 0 Å². The van der Waals surface area contributed by atoms with E-state index in [-0.39, 0.29) is 0 Å². The first-order valence-corrected chi connectivity index (χ1v) is 15.0. The number of nitrogens with one attached hydrogen (secondary N) is 2. The lowest BCUT2D eigenvalue weighted by Gasteiger charge is -2.37. The number of piperidine rings is 1. The number of rotatable bonds is 9. The van der Waals surface area contributed by atoms with E-state index in [0.717, 1.165) is 72.6 Å². The summed E-state index contributed by atoms with van der Waals surface area (Å²) in [6, 6.07) is 21.6. The molecular formula is C33H44N6O. The average Bonchev–Trinajstić information content (AvgIpc) is 2.99. The molecular weight excluding hydrogens is 496 g/mol. The molecule has 0 amide bonds. The van der Waals surface area contributed by atoms with Crippen molar-refractivity contribution in [3.05, 3.63) is 60.7 Å².